The van der Waals surface area contributed by atoms with Crippen LogP contribution in [0.2, 0.25) is 5.02 Å². The number of pyridine rings is 1. The lowest BCUT2D eigenvalue weighted by Crippen LogP contribution is -2.15. The van der Waals surface area contributed by atoms with Gasteiger partial charge in [0, 0.05) is 16.9 Å². The van der Waals surface area contributed by atoms with Gasteiger partial charge in [0.1, 0.15) is 5.03 Å². The molecular formula is C14H10ClF3N2OS. The number of thioether (sulfide) groups is 1. The minimum Gasteiger partial charge on any atom is -0.322 e. The third kappa shape index (κ3) is 4.92. The molecule has 0 radical (unpaired) electrons. The Morgan fingerprint density at radius 3 is 2.73 bits per heavy atom. The molecule has 8 heteroatoms. The number of carbonyl (C=O) groups excluding carboxylic acids is 1. The number of hydrogen-bond acceptors (Lipinski definition) is 3. The molecule has 0 unspecified atom stereocenters. The zero-order chi connectivity index (χ0) is 16.2. The highest BCUT2D eigenvalue weighted by molar-refractivity contribution is 7.99. The minimum atomic E-state index is -4.33. The first kappa shape index (κ1) is 16.6. The predicted octanol–water partition coefficient (Wildman–Crippen LogP) is 4.64. The molecule has 116 valence electrons. The van der Waals surface area contributed by atoms with E-state index in [1.165, 1.54) is 18.3 Å². The Morgan fingerprint density at radius 2 is 2.05 bits per heavy atom. The van der Waals surface area contributed by atoms with Crippen LogP contribution in [-0.4, -0.2) is 22.8 Å². The highest BCUT2D eigenvalue weighted by atomic mass is 35.5. The highest BCUT2D eigenvalue weighted by Gasteiger charge is 2.28. The molecule has 0 saturated heterocycles. The lowest BCUT2D eigenvalue weighted by atomic mass is 10.2. The smallest absolute Gasteiger partial charge is 0.322 e. The third-order valence-electron chi connectivity index (χ3n) is 2.47. The second-order valence-electron chi connectivity index (χ2n) is 4.22. The number of nitrogens with one attached hydrogen (secondary N) is 1. The van der Waals surface area contributed by atoms with E-state index in [9.17, 15) is 18.0 Å². The van der Waals surface area contributed by atoms with Gasteiger partial charge in [-0.15, -0.1) is 0 Å². The molecule has 1 N–H and O–H groups in total. The standard InChI is InChI=1S/C14H10ClF3N2OS/c15-9-3-1-4-10(7-9)20-12(21)11-5-2-6-19-13(11)22-8-14(16,17)18/h1-7H,8H2,(H,20,21). The number of nitrogens with zero attached hydrogens (tertiary/aromatic N) is 1. The maximum Gasteiger partial charge on any atom is 0.398 e. The number of halogens is 4. The van der Waals surface area contributed by atoms with E-state index >= 15 is 0 Å². The van der Waals surface area contributed by atoms with E-state index in [2.05, 4.69) is 10.3 Å². The van der Waals surface area contributed by atoms with Gasteiger partial charge < -0.3 is 5.32 Å². The highest BCUT2D eigenvalue weighted by Crippen LogP contribution is 2.28. The molecule has 0 spiro atoms. The van der Waals surface area contributed by atoms with Crippen LogP contribution in [0, 0.1) is 0 Å². The molecule has 1 heterocycles. The van der Waals surface area contributed by atoms with Crippen molar-refractivity contribution in [2.75, 3.05) is 11.1 Å². The van der Waals surface area contributed by atoms with E-state index in [4.69, 9.17) is 11.6 Å². The van der Waals surface area contributed by atoms with E-state index in [0.29, 0.717) is 22.5 Å². The van der Waals surface area contributed by atoms with Gasteiger partial charge in [0.25, 0.3) is 5.91 Å². The van der Waals surface area contributed by atoms with Gasteiger partial charge >= 0.3 is 6.18 Å². The van der Waals surface area contributed by atoms with Crippen LogP contribution < -0.4 is 5.32 Å². The number of alkyl halides is 3. The fourth-order valence-electron chi connectivity index (χ4n) is 1.59. The normalized spacial score (nSPS) is 11.3. The second kappa shape index (κ2) is 7.02. The summed E-state index contributed by atoms with van der Waals surface area (Å²) in [6.07, 6.45) is -2.99. The number of carbonyl (C=O) groups is 1. The van der Waals surface area contributed by atoms with Crippen LogP contribution in [0.5, 0.6) is 0 Å². The SMILES string of the molecule is O=C(Nc1cccc(Cl)c1)c1cccnc1SCC(F)(F)F. The minimum absolute atomic E-state index is 0.0272. The molecule has 0 aliphatic rings. The van der Waals surface area contributed by atoms with E-state index in [1.54, 1.807) is 24.3 Å². The van der Waals surface area contributed by atoms with Crippen molar-refractivity contribution in [1.29, 1.82) is 0 Å². The van der Waals surface area contributed by atoms with E-state index in [1.807, 2.05) is 0 Å². The van der Waals surface area contributed by atoms with Crippen molar-refractivity contribution in [1.82, 2.24) is 4.98 Å². The van der Waals surface area contributed by atoms with Crippen LogP contribution in [-0.2, 0) is 0 Å². The molecule has 0 aliphatic heterocycles. The summed E-state index contributed by atoms with van der Waals surface area (Å²) in [5.41, 5.74) is 0.532. The lowest BCUT2D eigenvalue weighted by Gasteiger charge is -2.10. The number of benzene rings is 1. The first-order valence-corrected chi connectivity index (χ1v) is 7.43. The van der Waals surface area contributed by atoms with Crippen molar-refractivity contribution in [3.8, 4) is 0 Å². The number of aromatic nitrogens is 1. The summed E-state index contributed by atoms with van der Waals surface area (Å²) in [6, 6.07) is 9.38. The Labute approximate surface area is 133 Å². The lowest BCUT2D eigenvalue weighted by molar-refractivity contribution is -0.105. The van der Waals surface area contributed by atoms with Crippen molar-refractivity contribution in [3.05, 3.63) is 53.2 Å². The molecule has 0 bridgehead atoms. The van der Waals surface area contributed by atoms with E-state index in [0.717, 1.165) is 0 Å². The summed E-state index contributed by atoms with van der Waals surface area (Å²) in [7, 11) is 0. The summed E-state index contributed by atoms with van der Waals surface area (Å²) in [6.45, 7) is 0. The quantitative estimate of drug-likeness (QED) is 0.820. The fraction of sp³-hybridized carbons (Fsp3) is 0.143. The molecule has 0 fully saturated rings. The van der Waals surface area contributed by atoms with Crippen LogP contribution in [0.25, 0.3) is 0 Å². The van der Waals surface area contributed by atoms with Crippen LogP contribution in [0.1, 0.15) is 10.4 Å². The topological polar surface area (TPSA) is 42.0 Å². The molecule has 2 rings (SSSR count). The fourth-order valence-corrected chi connectivity index (χ4v) is 2.54. The van der Waals surface area contributed by atoms with Crippen molar-refractivity contribution in [2.24, 2.45) is 0 Å². The summed E-state index contributed by atoms with van der Waals surface area (Å²) in [4.78, 5) is 16.0. The average Bonchev–Trinajstić information content (AvgIpc) is 2.44. The Morgan fingerprint density at radius 1 is 1.27 bits per heavy atom. The van der Waals surface area contributed by atoms with Gasteiger partial charge in [0.15, 0.2) is 0 Å². The van der Waals surface area contributed by atoms with Gasteiger partial charge in [-0.25, -0.2) is 4.98 Å². The summed E-state index contributed by atoms with van der Waals surface area (Å²) in [5.74, 6) is -1.65. The zero-order valence-electron chi connectivity index (χ0n) is 11.0. The van der Waals surface area contributed by atoms with E-state index < -0.39 is 17.8 Å². The zero-order valence-corrected chi connectivity index (χ0v) is 12.6. The summed E-state index contributed by atoms with van der Waals surface area (Å²) in [5, 5.41) is 3.05. The molecule has 1 amide bonds. The molecule has 0 atom stereocenters. The predicted molar refractivity (Wildman–Crippen MR) is 80.4 cm³/mol. The van der Waals surface area contributed by atoms with Gasteiger partial charge in [-0.1, -0.05) is 29.4 Å². The number of hydrogen-bond donors (Lipinski definition) is 1. The Hall–Kier alpha value is -1.73. The first-order chi connectivity index (χ1) is 10.3. The molecule has 2 aromatic rings. The van der Waals surface area contributed by atoms with Gasteiger partial charge in [-0.2, -0.15) is 13.2 Å². The molecule has 1 aromatic heterocycles. The van der Waals surface area contributed by atoms with Crippen molar-refractivity contribution in [3.63, 3.8) is 0 Å². The number of rotatable bonds is 4. The molecule has 0 saturated carbocycles. The maximum absolute atomic E-state index is 12.3. The molecule has 3 nitrogen and oxygen atoms in total. The molecular weight excluding hydrogens is 337 g/mol. The average molecular weight is 347 g/mol. The Bertz CT molecular complexity index is 679. The first-order valence-electron chi connectivity index (χ1n) is 6.06. The van der Waals surface area contributed by atoms with Crippen molar-refractivity contribution in [2.45, 2.75) is 11.2 Å². The van der Waals surface area contributed by atoms with Gasteiger partial charge in [-0.3, -0.25) is 4.79 Å². The maximum atomic E-state index is 12.3. The summed E-state index contributed by atoms with van der Waals surface area (Å²) < 4.78 is 36.9. The second-order valence-corrected chi connectivity index (χ2v) is 5.62. The monoisotopic (exact) mass is 346 g/mol. The number of anilines is 1. The largest absolute Gasteiger partial charge is 0.398 e. The van der Waals surface area contributed by atoms with Crippen LogP contribution in [0.15, 0.2) is 47.6 Å². The Kier molecular flexibility index (Phi) is 5.31. The molecule has 1 aromatic carbocycles. The van der Waals surface area contributed by atoms with Crippen molar-refractivity contribution >= 4 is 35.0 Å². The van der Waals surface area contributed by atoms with Gasteiger partial charge in [-0.05, 0) is 30.3 Å². The van der Waals surface area contributed by atoms with Gasteiger partial charge in [0.2, 0.25) is 0 Å². The Balaban J connectivity index is 2.15. The molecule has 0 aliphatic carbocycles. The molecule has 22 heavy (non-hydrogen) atoms. The van der Waals surface area contributed by atoms with Crippen LogP contribution in [0.4, 0.5) is 18.9 Å². The van der Waals surface area contributed by atoms with Crippen LogP contribution >= 0.6 is 23.4 Å². The third-order valence-corrected chi connectivity index (χ3v) is 3.78. The number of amides is 1. The van der Waals surface area contributed by atoms with Crippen molar-refractivity contribution < 1.29 is 18.0 Å². The van der Waals surface area contributed by atoms with Crippen LogP contribution in [0.3, 0.4) is 0 Å². The summed E-state index contributed by atoms with van der Waals surface area (Å²) >= 11 is 6.29. The van der Waals surface area contributed by atoms with Gasteiger partial charge in [0.05, 0.1) is 11.3 Å². The van der Waals surface area contributed by atoms with E-state index in [-0.39, 0.29) is 10.6 Å².